The number of benzene rings is 2. The zero-order valence-corrected chi connectivity index (χ0v) is 14.6. The van der Waals surface area contributed by atoms with E-state index in [1.807, 2.05) is 0 Å². The average molecular weight is 380 g/mol. The molecule has 1 aliphatic carbocycles. The van der Waals surface area contributed by atoms with Gasteiger partial charge in [-0.15, -0.1) is 0 Å². The van der Waals surface area contributed by atoms with Gasteiger partial charge < -0.3 is 0 Å². The van der Waals surface area contributed by atoms with Gasteiger partial charge in [-0.05, 0) is 47.4 Å². The number of hydrogen-bond donors (Lipinski definition) is 0. The molecule has 0 bridgehead atoms. The van der Waals surface area contributed by atoms with Gasteiger partial charge in [0.15, 0.2) is 15.6 Å². The second-order valence-electron chi connectivity index (χ2n) is 6.15. The van der Waals surface area contributed by atoms with Crippen molar-refractivity contribution in [3.8, 4) is 0 Å². The third-order valence-corrected chi connectivity index (χ3v) is 5.44. The zero-order valence-electron chi connectivity index (χ0n) is 13.8. The van der Waals surface area contributed by atoms with Gasteiger partial charge in [0.05, 0.1) is 10.5 Å². The van der Waals surface area contributed by atoms with Crippen LogP contribution < -0.4 is 0 Å². The fourth-order valence-electron chi connectivity index (χ4n) is 3.01. The number of sulfone groups is 1. The van der Waals surface area contributed by atoms with E-state index < -0.39 is 21.6 Å². The van der Waals surface area contributed by atoms with Gasteiger partial charge in [-0.3, -0.25) is 4.79 Å². The normalized spacial score (nSPS) is 15.6. The van der Waals surface area contributed by atoms with E-state index in [4.69, 9.17) is 0 Å². The van der Waals surface area contributed by atoms with Crippen LogP contribution in [0.15, 0.2) is 53.4 Å². The van der Waals surface area contributed by atoms with E-state index in [0.717, 1.165) is 24.0 Å². The molecule has 0 aliphatic heterocycles. The van der Waals surface area contributed by atoms with Crippen molar-refractivity contribution < 1.29 is 26.4 Å². The van der Waals surface area contributed by atoms with Crippen molar-refractivity contribution in [1.29, 1.82) is 0 Å². The Balaban J connectivity index is 2.04. The van der Waals surface area contributed by atoms with Crippen molar-refractivity contribution in [2.24, 2.45) is 0 Å². The number of alkyl halides is 3. The molecule has 0 spiro atoms. The Bertz CT molecular complexity index is 984. The summed E-state index contributed by atoms with van der Waals surface area (Å²) in [5, 5.41) is 0. The highest BCUT2D eigenvalue weighted by Crippen LogP contribution is 2.38. The number of carbonyl (C=O) groups excluding carboxylic acids is 1. The number of ketones is 1. The summed E-state index contributed by atoms with van der Waals surface area (Å²) in [6, 6.07) is 10.7. The molecule has 0 radical (unpaired) electrons. The van der Waals surface area contributed by atoms with E-state index in [1.165, 1.54) is 24.3 Å². The summed E-state index contributed by atoms with van der Waals surface area (Å²) in [7, 11) is -3.33. The lowest BCUT2D eigenvalue weighted by Crippen LogP contribution is -2.05. The van der Waals surface area contributed by atoms with Gasteiger partial charge in [0.1, 0.15) is 0 Å². The van der Waals surface area contributed by atoms with Gasteiger partial charge in [0.2, 0.25) is 0 Å². The molecule has 0 N–H and O–H groups in total. The van der Waals surface area contributed by atoms with Crippen LogP contribution in [0.1, 0.15) is 29.5 Å². The van der Waals surface area contributed by atoms with Crippen LogP contribution in [-0.2, 0) is 20.8 Å². The molecule has 0 heterocycles. The summed E-state index contributed by atoms with van der Waals surface area (Å²) >= 11 is 0. The summed E-state index contributed by atoms with van der Waals surface area (Å²) < 4.78 is 61.3. The first-order valence-corrected chi connectivity index (χ1v) is 9.71. The standard InChI is InChI=1S/C19H15F3O3S/c1-26(24,25)15-8-4-12(5-9-15)16-10-11-17(23)18(16)13-2-6-14(7-3-13)19(20,21)22/h2-9H,10-11H2,1H3. The first kappa shape index (κ1) is 18.4. The molecule has 0 atom stereocenters. The van der Waals surface area contributed by atoms with Crippen LogP contribution in [0.4, 0.5) is 13.2 Å². The summed E-state index contributed by atoms with van der Waals surface area (Å²) in [6.45, 7) is 0. The van der Waals surface area contributed by atoms with E-state index in [2.05, 4.69) is 0 Å². The van der Waals surface area contributed by atoms with Gasteiger partial charge in [0, 0.05) is 18.2 Å². The van der Waals surface area contributed by atoms with Gasteiger partial charge in [0.25, 0.3) is 0 Å². The molecule has 0 fully saturated rings. The van der Waals surface area contributed by atoms with Crippen molar-refractivity contribution in [2.45, 2.75) is 23.9 Å². The van der Waals surface area contributed by atoms with Gasteiger partial charge in [-0.2, -0.15) is 13.2 Å². The molecule has 3 nitrogen and oxygen atoms in total. The lowest BCUT2D eigenvalue weighted by Gasteiger charge is -2.10. The molecule has 3 rings (SSSR count). The maximum absolute atomic E-state index is 12.7. The molecule has 136 valence electrons. The Labute approximate surface area is 149 Å². The van der Waals surface area contributed by atoms with Crippen LogP contribution in [0.3, 0.4) is 0 Å². The fourth-order valence-corrected chi connectivity index (χ4v) is 3.64. The molecule has 0 amide bonds. The smallest absolute Gasteiger partial charge is 0.294 e. The molecule has 7 heteroatoms. The second-order valence-corrected chi connectivity index (χ2v) is 8.16. The van der Waals surface area contributed by atoms with Crippen molar-refractivity contribution >= 4 is 26.8 Å². The van der Waals surface area contributed by atoms with Crippen molar-refractivity contribution in [3.63, 3.8) is 0 Å². The van der Waals surface area contributed by atoms with Crippen LogP contribution in [0.5, 0.6) is 0 Å². The molecule has 0 saturated heterocycles. The topological polar surface area (TPSA) is 51.2 Å². The maximum atomic E-state index is 12.7. The van der Waals surface area contributed by atoms with Gasteiger partial charge in [-0.25, -0.2) is 8.42 Å². The van der Waals surface area contributed by atoms with Crippen LogP contribution in [0, 0.1) is 0 Å². The number of hydrogen-bond acceptors (Lipinski definition) is 3. The summed E-state index contributed by atoms with van der Waals surface area (Å²) in [5.41, 5.74) is 1.47. The molecule has 0 aromatic heterocycles. The second kappa shape index (κ2) is 6.39. The molecule has 2 aromatic carbocycles. The van der Waals surface area contributed by atoms with Crippen LogP contribution in [0.2, 0.25) is 0 Å². The van der Waals surface area contributed by atoms with E-state index in [9.17, 15) is 26.4 Å². The monoisotopic (exact) mass is 380 g/mol. The summed E-state index contributed by atoms with van der Waals surface area (Å²) in [6.07, 6.45) is -2.59. The predicted molar refractivity (Wildman–Crippen MR) is 92.1 cm³/mol. The number of allylic oxidation sites excluding steroid dienone is 2. The molecular formula is C19H15F3O3S. The lowest BCUT2D eigenvalue weighted by atomic mass is 9.96. The summed E-state index contributed by atoms with van der Waals surface area (Å²) in [4.78, 5) is 12.5. The van der Waals surface area contributed by atoms with E-state index in [1.54, 1.807) is 12.1 Å². The van der Waals surface area contributed by atoms with E-state index >= 15 is 0 Å². The van der Waals surface area contributed by atoms with Crippen molar-refractivity contribution in [1.82, 2.24) is 0 Å². The van der Waals surface area contributed by atoms with Crippen LogP contribution >= 0.6 is 0 Å². The Morgan fingerprint density at radius 1 is 0.846 bits per heavy atom. The molecule has 0 unspecified atom stereocenters. The van der Waals surface area contributed by atoms with E-state index in [0.29, 0.717) is 23.1 Å². The SMILES string of the molecule is CS(=O)(=O)c1ccc(C2=C(c3ccc(C(F)(F)F)cc3)C(=O)CC2)cc1. The fraction of sp³-hybridized carbons (Fsp3) is 0.211. The number of halogens is 3. The molecule has 1 aliphatic rings. The molecule has 0 saturated carbocycles. The third kappa shape index (κ3) is 3.58. The number of Topliss-reactive ketones (excluding diaryl/α,β-unsaturated/α-hetero) is 1. The highest BCUT2D eigenvalue weighted by atomic mass is 32.2. The van der Waals surface area contributed by atoms with Gasteiger partial charge >= 0.3 is 6.18 Å². The predicted octanol–water partition coefficient (Wildman–Crippen LogP) is 4.38. The first-order chi connectivity index (χ1) is 12.1. The average Bonchev–Trinajstić information content (AvgIpc) is 2.95. The first-order valence-electron chi connectivity index (χ1n) is 7.82. The number of carbonyl (C=O) groups is 1. The quantitative estimate of drug-likeness (QED) is 0.794. The Kier molecular flexibility index (Phi) is 4.52. The van der Waals surface area contributed by atoms with Crippen molar-refractivity contribution in [2.75, 3.05) is 6.26 Å². The number of rotatable bonds is 3. The largest absolute Gasteiger partial charge is 0.416 e. The molecule has 26 heavy (non-hydrogen) atoms. The minimum absolute atomic E-state index is 0.132. The molecule has 2 aromatic rings. The van der Waals surface area contributed by atoms with Crippen molar-refractivity contribution in [3.05, 3.63) is 65.2 Å². The Hall–Kier alpha value is -2.41. The summed E-state index contributed by atoms with van der Waals surface area (Å²) in [5.74, 6) is -0.132. The minimum Gasteiger partial charge on any atom is -0.294 e. The van der Waals surface area contributed by atoms with E-state index in [-0.39, 0.29) is 17.1 Å². The zero-order chi connectivity index (χ0) is 19.1. The van der Waals surface area contributed by atoms with Crippen LogP contribution in [0.25, 0.3) is 11.1 Å². The minimum atomic E-state index is -4.43. The van der Waals surface area contributed by atoms with Crippen LogP contribution in [-0.4, -0.2) is 20.5 Å². The highest BCUT2D eigenvalue weighted by molar-refractivity contribution is 7.90. The van der Waals surface area contributed by atoms with Gasteiger partial charge in [-0.1, -0.05) is 24.3 Å². The Morgan fingerprint density at radius 2 is 1.38 bits per heavy atom. The third-order valence-electron chi connectivity index (χ3n) is 4.31. The Morgan fingerprint density at radius 3 is 1.88 bits per heavy atom. The maximum Gasteiger partial charge on any atom is 0.416 e. The lowest BCUT2D eigenvalue weighted by molar-refractivity contribution is -0.137. The molecular weight excluding hydrogens is 365 g/mol. The highest BCUT2D eigenvalue weighted by Gasteiger charge is 2.31.